The molecular weight excluding hydrogens is 188 g/mol. The molecule has 0 aliphatic carbocycles. The predicted molar refractivity (Wildman–Crippen MR) is 59.9 cm³/mol. The van der Waals surface area contributed by atoms with Gasteiger partial charge >= 0.3 is 0 Å². The van der Waals surface area contributed by atoms with Crippen LogP contribution in [-0.4, -0.2) is 5.11 Å². The van der Waals surface area contributed by atoms with E-state index in [4.69, 9.17) is 4.42 Å². The third kappa shape index (κ3) is 1.89. The first-order valence-electron chi connectivity index (χ1n) is 5.05. The van der Waals surface area contributed by atoms with E-state index in [1.807, 2.05) is 24.3 Å². The molecule has 2 aromatic rings. The molecule has 0 saturated heterocycles. The van der Waals surface area contributed by atoms with E-state index < -0.39 is 0 Å². The van der Waals surface area contributed by atoms with Gasteiger partial charge in [-0.1, -0.05) is 19.9 Å². The Bertz CT molecular complexity index is 442. The Hall–Kier alpha value is -1.70. The van der Waals surface area contributed by atoms with Crippen LogP contribution in [0.15, 0.2) is 41.0 Å². The fraction of sp³-hybridized carbons (Fsp3) is 0.231. The zero-order valence-electron chi connectivity index (χ0n) is 8.90. The third-order valence-corrected chi connectivity index (χ3v) is 2.47. The summed E-state index contributed by atoms with van der Waals surface area (Å²) in [6, 6.07) is 9.29. The van der Waals surface area contributed by atoms with E-state index in [2.05, 4.69) is 13.8 Å². The van der Waals surface area contributed by atoms with Crippen molar-refractivity contribution in [1.82, 2.24) is 0 Å². The lowest BCUT2D eigenvalue weighted by Gasteiger charge is -2.08. The van der Waals surface area contributed by atoms with Crippen molar-refractivity contribution < 1.29 is 9.52 Å². The molecule has 0 radical (unpaired) electrons. The zero-order chi connectivity index (χ0) is 10.8. The standard InChI is InChI=1S/C13H14O2/c1-9(2)10-5-6-12(14)11(8-10)13-4-3-7-15-13/h3-9,14H,1-2H3. The Balaban J connectivity index is 2.51. The van der Waals surface area contributed by atoms with Crippen LogP contribution in [0, 0.1) is 0 Å². The summed E-state index contributed by atoms with van der Waals surface area (Å²) in [5.74, 6) is 1.41. The lowest BCUT2D eigenvalue weighted by molar-refractivity contribution is 0.473. The SMILES string of the molecule is CC(C)c1ccc(O)c(-c2ccco2)c1. The molecule has 0 unspecified atom stereocenters. The van der Waals surface area contributed by atoms with Crippen LogP contribution in [0.1, 0.15) is 25.3 Å². The summed E-state index contributed by atoms with van der Waals surface area (Å²) >= 11 is 0. The highest BCUT2D eigenvalue weighted by molar-refractivity contribution is 5.66. The van der Waals surface area contributed by atoms with Gasteiger partial charge < -0.3 is 9.52 Å². The maximum atomic E-state index is 9.73. The summed E-state index contributed by atoms with van der Waals surface area (Å²) < 4.78 is 5.28. The Morgan fingerprint density at radius 2 is 2.00 bits per heavy atom. The first kappa shape index (κ1) is 9.84. The van der Waals surface area contributed by atoms with Crippen LogP contribution in [0.4, 0.5) is 0 Å². The van der Waals surface area contributed by atoms with E-state index in [0.717, 1.165) is 5.56 Å². The lowest BCUT2D eigenvalue weighted by Crippen LogP contribution is -1.87. The summed E-state index contributed by atoms with van der Waals surface area (Å²) in [4.78, 5) is 0. The molecule has 0 aliphatic rings. The van der Waals surface area contributed by atoms with Crippen molar-refractivity contribution >= 4 is 0 Å². The molecule has 0 aliphatic heterocycles. The molecule has 2 heteroatoms. The normalized spacial score (nSPS) is 10.9. The van der Waals surface area contributed by atoms with Crippen molar-refractivity contribution in [1.29, 1.82) is 0 Å². The Labute approximate surface area is 89.2 Å². The molecule has 0 fully saturated rings. The number of furan rings is 1. The summed E-state index contributed by atoms with van der Waals surface area (Å²) in [5.41, 5.74) is 1.95. The molecule has 1 aromatic heterocycles. The lowest BCUT2D eigenvalue weighted by atomic mass is 9.99. The average molecular weight is 202 g/mol. The third-order valence-electron chi connectivity index (χ3n) is 2.47. The number of hydrogen-bond donors (Lipinski definition) is 1. The summed E-state index contributed by atoms with van der Waals surface area (Å²) in [6.07, 6.45) is 1.61. The predicted octanol–water partition coefficient (Wildman–Crippen LogP) is 3.78. The largest absolute Gasteiger partial charge is 0.507 e. The second kappa shape index (κ2) is 3.81. The number of phenols is 1. The number of phenolic OH excluding ortho intramolecular Hbond substituents is 1. The highest BCUT2D eigenvalue weighted by Crippen LogP contribution is 2.32. The fourth-order valence-electron chi connectivity index (χ4n) is 1.54. The van der Waals surface area contributed by atoms with Crippen molar-refractivity contribution in [3.63, 3.8) is 0 Å². The van der Waals surface area contributed by atoms with E-state index in [0.29, 0.717) is 11.7 Å². The molecule has 2 nitrogen and oxygen atoms in total. The van der Waals surface area contributed by atoms with E-state index in [-0.39, 0.29) is 5.75 Å². The van der Waals surface area contributed by atoms with Gasteiger partial charge in [0.2, 0.25) is 0 Å². The van der Waals surface area contributed by atoms with Crippen molar-refractivity contribution in [2.24, 2.45) is 0 Å². The number of hydrogen-bond acceptors (Lipinski definition) is 2. The van der Waals surface area contributed by atoms with Gasteiger partial charge in [0.15, 0.2) is 0 Å². The molecule has 0 amide bonds. The van der Waals surface area contributed by atoms with Gasteiger partial charge in [-0.2, -0.15) is 0 Å². The van der Waals surface area contributed by atoms with Crippen LogP contribution < -0.4 is 0 Å². The minimum absolute atomic E-state index is 0.259. The Morgan fingerprint density at radius 1 is 1.20 bits per heavy atom. The van der Waals surface area contributed by atoms with Gasteiger partial charge in [0.05, 0.1) is 11.8 Å². The molecule has 0 atom stereocenters. The van der Waals surface area contributed by atoms with Crippen LogP contribution in [0.25, 0.3) is 11.3 Å². The van der Waals surface area contributed by atoms with Gasteiger partial charge in [-0.25, -0.2) is 0 Å². The Morgan fingerprint density at radius 3 is 2.60 bits per heavy atom. The molecule has 1 heterocycles. The quantitative estimate of drug-likeness (QED) is 0.804. The van der Waals surface area contributed by atoms with Gasteiger partial charge in [-0.3, -0.25) is 0 Å². The molecule has 1 aromatic carbocycles. The van der Waals surface area contributed by atoms with E-state index in [1.54, 1.807) is 12.3 Å². The van der Waals surface area contributed by atoms with Crippen molar-refractivity contribution in [3.8, 4) is 17.1 Å². The van der Waals surface area contributed by atoms with Crippen LogP contribution in [-0.2, 0) is 0 Å². The van der Waals surface area contributed by atoms with Gasteiger partial charge in [0.1, 0.15) is 11.5 Å². The summed E-state index contributed by atoms with van der Waals surface area (Å²) in [5, 5.41) is 9.73. The summed E-state index contributed by atoms with van der Waals surface area (Å²) in [7, 11) is 0. The average Bonchev–Trinajstić information content (AvgIpc) is 2.71. The second-order valence-electron chi connectivity index (χ2n) is 3.91. The fourth-order valence-corrected chi connectivity index (χ4v) is 1.54. The van der Waals surface area contributed by atoms with Crippen LogP contribution >= 0.6 is 0 Å². The van der Waals surface area contributed by atoms with Gasteiger partial charge in [-0.05, 0) is 35.7 Å². The van der Waals surface area contributed by atoms with E-state index >= 15 is 0 Å². The first-order valence-corrected chi connectivity index (χ1v) is 5.05. The minimum atomic E-state index is 0.259. The molecule has 0 spiro atoms. The maximum absolute atomic E-state index is 9.73. The van der Waals surface area contributed by atoms with Gasteiger partial charge in [-0.15, -0.1) is 0 Å². The topological polar surface area (TPSA) is 33.4 Å². The molecular formula is C13H14O2. The maximum Gasteiger partial charge on any atom is 0.137 e. The molecule has 15 heavy (non-hydrogen) atoms. The van der Waals surface area contributed by atoms with Crippen molar-refractivity contribution in [3.05, 3.63) is 42.2 Å². The molecule has 2 rings (SSSR count). The highest BCUT2D eigenvalue weighted by atomic mass is 16.3. The molecule has 1 N–H and O–H groups in total. The summed E-state index contributed by atoms with van der Waals surface area (Å²) in [6.45, 7) is 4.25. The molecule has 0 bridgehead atoms. The van der Waals surface area contributed by atoms with E-state index in [9.17, 15) is 5.11 Å². The number of aromatic hydroxyl groups is 1. The van der Waals surface area contributed by atoms with Crippen LogP contribution in [0.3, 0.4) is 0 Å². The smallest absolute Gasteiger partial charge is 0.137 e. The molecule has 0 saturated carbocycles. The number of rotatable bonds is 2. The first-order chi connectivity index (χ1) is 7.18. The van der Waals surface area contributed by atoms with E-state index in [1.165, 1.54) is 5.56 Å². The minimum Gasteiger partial charge on any atom is -0.507 e. The zero-order valence-corrected chi connectivity index (χ0v) is 8.90. The van der Waals surface area contributed by atoms with Crippen molar-refractivity contribution in [2.45, 2.75) is 19.8 Å². The highest BCUT2D eigenvalue weighted by Gasteiger charge is 2.09. The van der Waals surface area contributed by atoms with Crippen molar-refractivity contribution in [2.75, 3.05) is 0 Å². The van der Waals surface area contributed by atoms with Gasteiger partial charge in [0.25, 0.3) is 0 Å². The van der Waals surface area contributed by atoms with Crippen LogP contribution in [0.2, 0.25) is 0 Å². The van der Waals surface area contributed by atoms with Gasteiger partial charge in [0, 0.05) is 0 Å². The monoisotopic (exact) mass is 202 g/mol. The van der Waals surface area contributed by atoms with Crippen LogP contribution in [0.5, 0.6) is 5.75 Å². The second-order valence-corrected chi connectivity index (χ2v) is 3.91. The Kier molecular flexibility index (Phi) is 2.50. The number of benzene rings is 1. The molecule has 78 valence electrons.